The molecule has 5 nitrogen and oxygen atoms in total. The van der Waals surface area contributed by atoms with Crippen LogP contribution in [0.4, 0.5) is 0 Å². The van der Waals surface area contributed by atoms with E-state index in [9.17, 15) is 9.59 Å². The Bertz CT molecular complexity index is 874. The predicted molar refractivity (Wildman–Crippen MR) is 117 cm³/mol. The SMILES string of the molecule is CC(C)NC(=O)[C@@H](C)N(Cc1cccc(Cl)c1)C(=O)COc1ccc(Cl)cc1Cl. The second kappa shape index (κ2) is 10.7. The highest BCUT2D eigenvalue weighted by Gasteiger charge is 2.27. The van der Waals surface area contributed by atoms with E-state index in [2.05, 4.69) is 5.32 Å². The first-order chi connectivity index (χ1) is 13.7. The molecule has 2 amide bonds. The van der Waals surface area contributed by atoms with Crippen LogP contribution in [-0.2, 0) is 16.1 Å². The maximum absolute atomic E-state index is 12.9. The average molecular weight is 458 g/mol. The number of halogens is 3. The van der Waals surface area contributed by atoms with Crippen LogP contribution in [0, 0.1) is 0 Å². The van der Waals surface area contributed by atoms with Crippen LogP contribution in [0.25, 0.3) is 0 Å². The highest BCUT2D eigenvalue weighted by molar-refractivity contribution is 6.35. The van der Waals surface area contributed by atoms with E-state index in [0.717, 1.165) is 5.56 Å². The number of amides is 2. The van der Waals surface area contributed by atoms with Crippen LogP contribution in [-0.4, -0.2) is 35.4 Å². The molecule has 0 aromatic heterocycles. The van der Waals surface area contributed by atoms with Crippen LogP contribution >= 0.6 is 34.8 Å². The van der Waals surface area contributed by atoms with Gasteiger partial charge in [0.1, 0.15) is 11.8 Å². The van der Waals surface area contributed by atoms with Gasteiger partial charge in [-0.2, -0.15) is 0 Å². The zero-order valence-corrected chi connectivity index (χ0v) is 18.7. The summed E-state index contributed by atoms with van der Waals surface area (Å²) in [6, 6.07) is 11.1. The zero-order valence-electron chi connectivity index (χ0n) is 16.4. The maximum Gasteiger partial charge on any atom is 0.261 e. The van der Waals surface area contributed by atoms with E-state index in [-0.39, 0.29) is 31.0 Å². The van der Waals surface area contributed by atoms with Gasteiger partial charge in [-0.3, -0.25) is 9.59 Å². The van der Waals surface area contributed by atoms with Gasteiger partial charge in [0.25, 0.3) is 5.91 Å². The summed E-state index contributed by atoms with van der Waals surface area (Å²) in [6.45, 7) is 5.33. The number of hydrogen-bond donors (Lipinski definition) is 1. The summed E-state index contributed by atoms with van der Waals surface area (Å²) in [7, 11) is 0. The van der Waals surface area contributed by atoms with E-state index >= 15 is 0 Å². The van der Waals surface area contributed by atoms with Crippen LogP contribution in [0.1, 0.15) is 26.3 Å². The minimum Gasteiger partial charge on any atom is -0.482 e. The number of carbonyl (C=O) groups excluding carboxylic acids is 2. The monoisotopic (exact) mass is 456 g/mol. The summed E-state index contributed by atoms with van der Waals surface area (Å²) in [4.78, 5) is 26.9. The zero-order chi connectivity index (χ0) is 21.6. The molecule has 0 aliphatic carbocycles. The third-order valence-corrected chi connectivity index (χ3v) is 4.85. The quantitative estimate of drug-likeness (QED) is 0.609. The molecule has 8 heteroatoms. The molecule has 156 valence electrons. The van der Waals surface area contributed by atoms with Crippen molar-refractivity contribution >= 4 is 46.6 Å². The molecule has 0 unspecified atom stereocenters. The van der Waals surface area contributed by atoms with Crippen LogP contribution in [0.5, 0.6) is 5.75 Å². The Morgan fingerprint density at radius 1 is 1.03 bits per heavy atom. The number of nitrogens with one attached hydrogen (secondary N) is 1. The molecular weight excluding hydrogens is 435 g/mol. The third kappa shape index (κ3) is 7.11. The number of carbonyl (C=O) groups is 2. The van der Waals surface area contributed by atoms with Gasteiger partial charge >= 0.3 is 0 Å². The number of nitrogens with zero attached hydrogens (tertiary/aromatic N) is 1. The lowest BCUT2D eigenvalue weighted by Crippen LogP contribution is -2.50. The minimum atomic E-state index is -0.701. The van der Waals surface area contributed by atoms with Crippen molar-refractivity contribution in [2.24, 2.45) is 0 Å². The van der Waals surface area contributed by atoms with Crippen molar-refractivity contribution < 1.29 is 14.3 Å². The van der Waals surface area contributed by atoms with Crippen LogP contribution in [0.15, 0.2) is 42.5 Å². The van der Waals surface area contributed by atoms with E-state index in [1.807, 2.05) is 19.9 Å². The van der Waals surface area contributed by atoms with E-state index in [1.165, 1.54) is 11.0 Å². The van der Waals surface area contributed by atoms with Gasteiger partial charge in [-0.15, -0.1) is 0 Å². The molecule has 0 fully saturated rings. The molecule has 2 aromatic rings. The molecule has 1 N–H and O–H groups in total. The molecule has 0 aliphatic rings. The highest BCUT2D eigenvalue weighted by Crippen LogP contribution is 2.27. The van der Waals surface area contributed by atoms with Gasteiger partial charge in [0.2, 0.25) is 5.91 Å². The minimum absolute atomic E-state index is 0.0443. The first-order valence-corrected chi connectivity index (χ1v) is 10.2. The molecule has 29 heavy (non-hydrogen) atoms. The highest BCUT2D eigenvalue weighted by atomic mass is 35.5. The van der Waals surface area contributed by atoms with E-state index in [1.54, 1.807) is 37.3 Å². The van der Waals surface area contributed by atoms with Crippen molar-refractivity contribution in [1.82, 2.24) is 10.2 Å². The Morgan fingerprint density at radius 3 is 2.34 bits per heavy atom. The first-order valence-electron chi connectivity index (χ1n) is 9.09. The molecule has 0 aliphatic heterocycles. The summed E-state index contributed by atoms with van der Waals surface area (Å²) in [5.74, 6) is -0.270. The van der Waals surface area contributed by atoms with Crippen molar-refractivity contribution in [1.29, 1.82) is 0 Å². The largest absolute Gasteiger partial charge is 0.482 e. The molecule has 0 heterocycles. The Balaban J connectivity index is 2.17. The Hall–Kier alpha value is -1.95. The molecule has 0 saturated heterocycles. The Kier molecular flexibility index (Phi) is 8.62. The summed E-state index contributed by atoms with van der Waals surface area (Å²) < 4.78 is 5.57. The van der Waals surface area contributed by atoms with Gasteiger partial charge in [-0.05, 0) is 56.7 Å². The van der Waals surface area contributed by atoms with Crippen molar-refractivity contribution in [3.8, 4) is 5.75 Å². The topological polar surface area (TPSA) is 58.6 Å². The molecule has 2 aromatic carbocycles. The molecule has 0 radical (unpaired) electrons. The molecule has 2 rings (SSSR count). The van der Waals surface area contributed by atoms with Gasteiger partial charge in [-0.1, -0.05) is 46.9 Å². The smallest absolute Gasteiger partial charge is 0.261 e. The summed E-state index contributed by atoms with van der Waals surface area (Å²) in [5, 5.41) is 4.15. The maximum atomic E-state index is 12.9. The Morgan fingerprint density at radius 2 is 1.72 bits per heavy atom. The van der Waals surface area contributed by atoms with Crippen LogP contribution < -0.4 is 10.1 Å². The van der Waals surface area contributed by atoms with Crippen molar-refractivity contribution in [2.75, 3.05) is 6.61 Å². The average Bonchev–Trinajstić information content (AvgIpc) is 2.64. The summed E-state index contributed by atoms with van der Waals surface area (Å²) in [6.07, 6.45) is 0. The van der Waals surface area contributed by atoms with E-state index < -0.39 is 6.04 Å². The van der Waals surface area contributed by atoms with E-state index in [4.69, 9.17) is 39.5 Å². The van der Waals surface area contributed by atoms with Crippen molar-refractivity contribution in [2.45, 2.75) is 39.4 Å². The second-order valence-corrected chi connectivity index (χ2v) is 8.13. The van der Waals surface area contributed by atoms with Gasteiger partial charge < -0.3 is 15.0 Å². The lowest BCUT2D eigenvalue weighted by molar-refractivity contribution is -0.142. The molecule has 0 bridgehead atoms. The second-order valence-electron chi connectivity index (χ2n) is 6.85. The van der Waals surface area contributed by atoms with Gasteiger partial charge in [0.05, 0.1) is 5.02 Å². The number of rotatable bonds is 8. The van der Waals surface area contributed by atoms with E-state index in [0.29, 0.717) is 20.8 Å². The normalized spacial score (nSPS) is 11.8. The molecule has 0 spiro atoms. The summed E-state index contributed by atoms with van der Waals surface area (Å²) in [5.41, 5.74) is 0.805. The number of hydrogen-bond acceptors (Lipinski definition) is 3. The molecular formula is C21H23Cl3N2O3. The van der Waals surface area contributed by atoms with Crippen LogP contribution in [0.3, 0.4) is 0 Å². The van der Waals surface area contributed by atoms with Gasteiger partial charge in [0.15, 0.2) is 6.61 Å². The third-order valence-electron chi connectivity index (χ3n) is 4.09. The van der Waals surface area contributed by atoms with Crippen molar-refractivity contribution in [3.05, 3.63) is 63.1 Å². The fraction of sp³-hybridized carbons (Fsp3) is 0.333. The fourth-order valence-electron chi connectivity index (χ4n) is 2.63. The molecule has 1 atom stereocenters. The van der Waals surface area contributed by atoms with Crippen LogP contribution in [0.2, 0.25) is 15.1 Å². The van der Waals surface area contributed by atoms with Gasteiger partial charge in [0, 0.05) is 22.6 Å². The standard InChI is InChI=1S/C21H23Cl3N2O3/c1-13(2)25-21(28)14(3)26(11-15-5-4-6-16(22)9-15)20(27)12-29-19-8-7-17(23)10-18(19)24/h4-10,13-14H,11-12H2,1-3H3,(H,25,28)/t14-/m1/s1. The number of benzene rings is 2. The lowest BCUT2D eigenvalue weighted by atomic mass is 10.1. The summed E-state index contributed by atoms with van der Waals surface area (Å²) >= 11 is 18.0. The first kappa shape index (κ1) is 23.3. The number of ether oxygens (including phenoxy) is 1. The Labute approximate surface area is 185 Å². The fourth-order valence-corrected chi connectivity index (χ4v) is 3.31. The lowest BCUT2D eigenvalue weighted by Gasteiger charge is -2.29. The predicted octanol–water partition coefficient (Wildman–Crippen LogP) is 4.97. The van der Waals surface area contributed by atoms with Gasteiger partial charge in [-0.25, -0.2) is 0 Å². The molecule has 0 saturated carbocycles. The van der Waals surface area contributed by atoms with Crippen molar-refractivity contribution in [3.63, 3.8) is 0 Å².